The maximum absolute atomic E-state index is 14.2. The largest absolute Gasteiger partial charge is 0.342 e. The Balaban J connectivity index is 1.70. The van der Waals surface area contributed by atoms with Crippen LogP contribution in [0.5, 0.6) is 0 Å². The van der Waals surface area contributed by atoms with Crippen molar-refractivity contribution in [2.24, 2.45) is 5.92 Å². The van der Waals surface area contributed by atoms with Crippen LogP contribution in [0.25, 0.3) is 5.69 Å². The number of likely N-dealkylation sites (tertiary alicyclic amines) is 1. The van der Waals surface area contributed by atoms with Crippen molar-refractivity contribution in [2.75, 3.05) is 18.4 Å². The van der Waals surface area contributed by atoms with E-state index in [-0.39, 0.29) is 24.2 Å². The molecule has 1 atom stereocenters. The van der Waals surface area contributed by atoms with E-state index in [0.29, 0.717) is 24.5 Å². The molecular weight excluding hydrogens is 299 g/mol. The van der Waals surface area contributed by atoms with Gasteiger partial charge in [-0.25, -0.2) is 9.37 Å². The molecule has 1 aliphatic heterocycles. The topological polar surface area (TPSA) is 67.2 Å². The molecule has 2 aromatic rings. The summed E-state index contributed by atoms with van der Waals surface area (Å²) in [5, 5.41) is 2.68. The maximum Gasteiger partial charge on any atom is 0.229 e. The van der Waals surface area contributed by atoms with E-state index in [0.717, 1.165) is 0 Å². The lowest BCUT2D eigenvalue weighted by Gasteiger charge is -2.14. The molecule has 2 heterocycles. The number of rotatable bonds is 4. The molecule has 1 saturated heterocycles. The lowest BCUT2D eigenvalue weighted by atomic mass is 10.1. The molecule has 1 aromatic carbocycles. The number of benzene rings is 1. The molecule has 1 aliphatic rings. The van der Waals surface area contributed by atoms with Crippen molar-refractivity contribution in [3.63, 3.8) is 0 Å². The Morgan fingerprint density at radius 1 is 1.48 bits per heavy atom. The first kappa shape index (κ1) is 15.2. The van der Waals surface area contributed by atoms with Crippen LogP contribution in [-0.2, 0) is 9.59 Å². The van der Waals surface area contributed by atoms with Gasteiger partial charge in [0, 0.05) is 37.6 Å². The Morgan fingerprint density at radius 3 is 2.91 bits per heavy atom. The molecule has 2 amide bonds. The number of anilines is 1. The quantitative estimate of drug-likeness (QED) is 0.935. The number of amides is 2. The Kier molecular flexibility index (Phi) is 4.10. The van der Waals surface area contributed by atoms with Gasteiger partial charge in [0.05, 0.1) is 17.9 Å². The second-order valence-electron chi connectivity index (χ2n) is 5.46. The van der Waals surface area contributed by atoms with Gasteiger partial charge in [-0.1, -0.05) is 0 Å². The van der Waals surface area contributed by atoms with Gasteiger partial charge in [-0.2, -0.15) is 0 Å². The lowest BCUT2D eigenvalue weighted by molar-refractivity contribution is -0.128. The molecule has 23 heavy (non-hydrogen) atoms. The van der Waals surface area contributed by atoms with Crippen molar-refractivity contribution < 1.29 is 14.0 Å². The number of halogens is 1. The Hall–Kier alpha value is -2.70. The standard InChI is InChI=1S/C16H17FN4O2/c1-2-20-9-11(7-15(20)22)16(23)19-12-3-4-14(13(17)8-12)21-6-5-18-10-21/h3-6,8,10-11H,2,7,9H2,1H3,(H,19,23)/t11-/m0/s1. The number of imidazole rings is 1. The van der Waals surface area contributed by atoms with Gasteiger partial charge in [-0.15, -0.1) is 0 Å². The summed E-state index contributed by atoms with van der Waals surface area (Å²) < 4.78 is 15.7. The smallest absolute Gasteiger partial charge is 0.229 e. The van der Waals surface area contributed by atoms with Crippen molar-refractivity contribution in [3.05, 3.63) is 42.7 Å². The maximum atomic E-state index is 14.2. The van der Waals surface area contributed by atoms with Crippen LogP contribution in [0.15, 0.2) is 36.9 Å². The molecule has 1 fully saturated rings. The van der Waals surface area contributed by atoms with Crippen molar-refractivity contribution in [2.45, 2.75) is 13.3 Å². The minimum atomic E-state index is -0.460. The fourth-order valence-electron chi connectivity index (χ4n) is 2.69. The highest BCUT2D eigenvalue weighted by Gasteiger charge is 2.33. The minimum Gasteiger partial charge on any atom is -0.342 e. The summed E-state index contributed by atoms with van der Waals surface area (Å²) in [6.45, 7) is 2.88. The van der Waals surface area contributed by atoms with Crippen molar-refractivity contribution in [1.82, 2.24) is 14.5 Å². The first-order valence-corrected chi connectivity index (χ1v) is 7.45. The zero-order chi connectivity index (χ0) is 16.4. The molecule has 0 aliphatic carbocycles. The highest BCUT2D eigenvalue weighted by atomic mass is 19.1. The van der Waals surface area contributed by atoms with E-state index in [2.05, 4.69) is 10.3 Å². The molecule has 1 N–H and O–H groups in total. The molecule has 0 spiro atoms. The van der Waals surface area contributed by atoms with Crippen molar-refractivity contribution in [3.8, 4) is 5.69 Å². The van der Waals surface area contributed by atoms with E-state index in [1.807, 2.05) is 6.92 Å². The van der Waals surface area contributed by atoms with Crippen LogP contribution in [0.1, 0.15) is 13.3 Å². The van der Waals surface area contributed by atoms with Gasteiger partial charge in [-0.05, 0) is 25.1 Å². The van der Waals surface area contributed by atoms with E-state index in [9.17, 15) is 14.0 Å². The molecule has 0 saturated carbocycles. The van der Waals surface area contributed by atoms with Gasteiger partial charge in [0.25, 0.3) is 0 Å². The molecule has 0 bridgehead atoms. The van der Waals surface area contributed by atoms with Gasteiger partial charge < -0.3 is 14.8 Å². The number of nitrogens with zero attached hydrogens (tertiary/aromatic N) is 3. The number of hydrogen-bond acceptors (Lipinski definition) is 3. The summed E-state index contributed by atoms with van der Waals surface area (Å²) >= 11 is 0. The molecule has 120 valence electrons. The molecule has 0 unspecified atom stereocenters. The summed E-state index contributed by atoms with van der Waals surface area (Å²) in [6.07, 6.45) is 4.90. The van der Waals surface area contributed by atoms with Crippen LogP contribution in [0.3, 0.4) is 0 Å². The zero-order valence-electron chi connectivity index (χ0n) is 12.7. The van der Waals surface area contributed by atoms with Crippen LogP contribution < -0.4 is 5.32 Å². The fourth-order valence-corrected chi connectivity index (χ4v) is 2.69. The number of carbonyl (C=O) groups is 2. The first-order chi connectivity index (χ1) is 11.1. The molecule has 1 aromatic heterocycles. The van der Waals surface area contributed by atoms with Gasteiger partial charge in [0.1, 0.15) is 5.82 Å². The lowest BCUT2D eigenvalue weighted by Crippen LogP contribution is -2.28. The minimum absolute atomic E-state index is 0.0192. The van der Waals surface area contributed by atoms with Crippen LogP contribution in [0.2, 0.25) is 0 Å². The second-order valence-corrected chi connectivity index (χ2v) is 5.46. The Labute approximate surface area is 132 Å². The van der Waals surface area contributed by atoms with Crippen LogP contribution >= 0.6 is 0 Å². The van der Waals surface area contributed by atoms with Gasteiger partial charge in [0.2, 0.25) is 11.8 Å². The predicted octanol–water partition coefficient (Wildman–Crippen LogP) is 1.82. The van der Waals surface area contributed by atoms with E-state index >= 15 is 0 Å². The number of hydrogen-bond donors (Lipinski definition) is 1. The molecule has 0 radical (unpaired) electrons. The summed E-state index contributed by atoms with van der Waals surface area (Å²) in [4.78, 5) is 29.4. The van der Waals surface area contributed by atoms with Gasteiger partial charge in [0.15, 0.2) is 0 Å². The van der Waals surface area contributed by atoms with Crippen molar-refractivity contribution >= 4 is 17.5 Å². The third kappa shape index (κ3) is 3.08. The van der Waals surface area contributed by atoms with Crippen LogP contribution in [-0.4, -0.2) is 39.4 Å². The zero-order valence-corrected chi connectivity index (χ0v) is 12.7. The third-order valence-corrected chi connectivity index (χ3v) is 3.96. The van der Waals surface area contributed by atoms with Gasteiger partial charge in [-0.3, -0.25) is 9.59 Å². The molecule has 3 rings (SSSR count). The number of nitrogens with one attached hydrogen (secondary N) is 1. The van der Waals surface area contributed by atoms with Crippen molar-refractivity contribution in [1.29, 1.82) is 0 Å². The number of carbonyl (C=O) groups excluding carboxylic acids is 2. The highest BCUT2D eigenvalue weighted by molar-refractivity contribution is 5.97. The SMILES string of the molecule is CCN1C[C@@H](C(=O)Nc2ccc(-n3ccnc3)c(F)c2)CC1=O. The molecular formula is C16H17FN4O2. The number of aromatic nitrogens is 2. The van der Waals surface area contributed by atoms with E-state index in [1.165, 1.54) is 12.4 Å². The third-order valence-electron chi connectivity index (χ3n) is 3.96. The summed E-state index contributed by atoms with van der Waals surface area (Å²) in [5.41, 5.74) is 0.729. The van der Waals surface area contributed by atoms with E-state index in [1.54, 1.807) is 34.0 Å². The Morgan fingerprint density at radius 2 is 2.30 bits per heavy atom. The summed E-state index contributed by atoms with van der Waals surface area (Å²) in [5.74, 6) is -1.13. The second kappa shape index (κ2) is 6.20. The molecule has 6 nitrogen and oxygen atoms in total. The monoisotopic (exact) mass is 316 g/mol. The van der Waals surface area contributed by atoms with E-state index < -0.39 is 5.82 Å². The normalized spacial score (nSPS) is 17.6. The molecule has 7 heteroatoms. The fraction of sp³-hybridized carbons (Fsp3) is 0.312. The first-order valence-electron chi connectivity index (χ1n) is 7.45. The Bertz CT molecular complexity index is 730. The van der Waals surface area contributed by atoms with Crippen LogP contribution in [0.4, 0.5) is 10.1 Å². The average molecular weight is 316 g/mol. The average Bonchev–Trinajstić information content (AvgIpc) is 3.16. The summed E-state index contributed by atoms with van der Waals surface area (Å²) in [6, 6.07) is 4.47. The highest BCUT2D eigenvalue weighted by Crippen LogP contribution is 2.22. The van der Waals surface area contributed by atoms with Crippen LogP contribution in [0, 0.1) is 11.7 Å². The predicted molar refractivity (Wildman–Crippen MR) is 82.5 cm³/mol. The van der Waals surface area contributed by atoms with Gasteiger partial charge >= 0.3 is 0 Å². The summed E-state index contributed by atoms with van der Waals surface area (Å²) in [7, 11) is 0. The van der Waals surface area contributed by atoms with E-state index in [4.69, 9.17) is 0 Å².